The largest absolute Gasteiger partial charge is 0.480 e. The molecule has 184 valence electrons. The summed E-state index contributed by atoms with van der Waals surface area (Å²) < 4.78 is 0. The van der Waals surface area contributed by atoms with E-state index in [-0.39, 0.29) is 12.3 Å². The van der Waals surface area contributed by atoms with E-state index in [1.54, 1.807) is 13.8 Å². The Morgan fingerprint density at radius 2 is 1.47 bits per heavy atom. The summed E-state index contributed by atoms with van der Waals surface area (Å²) in [5, 5.41) is 16.6. The van der Waals surface area contributed by atoms with Crippen LogP contribution in [0.1, 0.15) is 47.0 Å². The molecule has 0 aliphatic heterocycles. The lowest BCUT2D eigenvalue weighted by Gasteiger charge is -2.26. The smallest absolute Gasteiger partial charge is 0.326 e. The van der Waals surface area contributed by atoms with Gasteiger partial charge in [0.25, 0.3) is 0 Å². The molecule has 0 spiro atoms. The average Bonchev–Trinajstić information content (AvgIpc) is 2.71. The maximum absolute atomic E-state index is 12.9. The summed E-state index contributed by atoms with van der Waals surface area (Å²) >= 11 is 1.46. The van der Waals surface area contributed by atoms with E-state index in [9.17, 15) is 29.1 Å². The first-order chi connectivity index (χ1) is 14.8. The summed E-state index contributed by atoms with van der Waals surface area (Å²) in [5.74, 6) is -4.15. The summed E-state index contributed by atoms with van der Waals surface area (Å²) in [6.45, 7) is 6.93. The number of carboxylic acid groups (broad SMARTS) is 1. The first-order valence-corrected chi connectivity index (χ1v) is 11.9. The second-order valence-electron chi connectivity index (χ2n) is 8.05. The van der Waals surface area contributed by atoms with Gasteiger partial charge in [-0.05, 0) is 30.3 Å². The minimum absolute atomic E-state index is 0.100. The van der Waals surface area contributed by atoms with Crippen LogP contribution in [0.4, 0.5) is 0 Å². The minimum atomic E-state index is -1.39. The Hall–Kier alpha value is -2.34. The van der Waals surface area contributed by atoms with Gasteiger partial charge in [0, 0.05) is 0 Å². The molecule has 5 atom stereocenters. The van der Waals surface area contributed by atoms with Crippen LogP contribution >= 0.6 is 11.8 Å². The van der Waals surface area contributed by atoms with Crippen LogP contribution in [0.15, 0.2) is 0 Å². The van der Waals surface area contributed by atoms with E-state index in [1.807, 2.05) is 20.1 Å². The maximum atomic E-state index is 12.9. The highest BCUT2D eigenvalue weighted by atomic mass is 32.2. The van der Waals surface area contributed by atoms with E-state index >= 15 is 0 Å². The van der Waals surface area contributed by atoms with Crippen LogP contribution in [-0.4, -0.2) is 70.9 Å². The molecule has 0 radical (unpaired) electrons. The number of carbonyl (C=O) groups excluding carboxylic acids is 4. The van der Waals surface area contributed by atoms with Gasteiger partial charge in [-0.15, -0.1) is 0 Å². The van der Waals surface area contributed by atoms with Crippen molar-refractivity contribution in [2.75, 3.05) is 12.0 Å². The third-order valence-electron chi connectivity index (χ3n) is 5.07. The molecule has 0 saturated heterocycles. The summed E-state index contributed by atoms with van der Waals surface area (Å²) in [6, 6.07) is -4.40. The molecule has 0 aliphatic carbocycles. The van der Waals surface area contributed by atoms with Crippen LogP contribution < -0.4 is 27.4 Å². The number of rotatable bonds is 15. The zero-order valence-corrected chi connectivity index (χ0v) is 20.2. The summed E-state index contributed by atoms with van der Waals surface area (Å²) in [5.41, 5.74) is 11.2. The minimum Gasteiger partial charge on any atom is -0.480 e. The first-order valence-electron chi connectivity index (χ1n) is 10.5. The molecule has 0 saturated carbocycles. The predicted molar refractivity (Wildman–Crippen MR) is 123 cm³/mol. The molecule has 4 amide bonds. The van der Waals surface area contributed by atoms with Gasteiger partial charge in [-0.1, -0.05) is 34.1 Å². The molecule has 0 bridgehead atoms. The monoisotopic (exact) mass is 475 g/mol. The van der Waals surface area contributed by atoms with E-state index in [4.69, 9.17) is 11.5 Å². The highest BCUT2D eigenvalue weighted by molar-refractivity contribution is 7.98. The van der Waals surface area contributed by atoms with Gasteiger partial charge in [0.05, 0.1) is 12.5 Å². The molecule has 12 heteroatoms. The van der Waals surface area contributed by atoms with E-state index < -0.39 is 66.1 Å². The van der Waals surface area contributed by atoms with Crippen LogP contribution in [0.25, 0.3) is 0 Å². The number of hydrogen-bond donors (Lipinski definition) is 6. The van der Waals surface area contributed by atoms with E-state index in [1.165, 1.54) is 11.8 Å². The van der Waals surface area contributed by atoms with Gasteiger partial charge in [0.15, 0.2) is 0 Å². The Balaban J connectivity index is 5.51. The van der Waals surface area contributed by atoms with Gasteiger partial charge in [-0.25, -0.2) is 4.79 Å². The van der Waals surface area contributed by atoms with Gasteiger partial charge in [-0.2, -0.15) is 11.8 Å². The van der Waals surface area contributed by atoms with Crippen molar-refractivity contribution in [3.05, 3.63) is 0 Å². The molecule has 0 aliphatic rings. The number of carboxylic acids is 1. The Labute approximate surface area is 193 Å². The van der Waals surface area contributed by atoms with E-state index in [0.29, 0.717) is 12.2 Å². The Morgan fingerprint density at radius 3 is 1.91 bits per heavy atom. The number of carbonyl (C=O) groups is 5. The second kappa shape index (κ2) is 14.7. The van der Waals surface area contributed by atoms with Crippen molar-refractivity contribution in [3.8, 4) is 0 Å². The lowest BCUT2D eigenvalue weighted by molar-refractivity contribution is -0.143. The number of nitrogens with two attached hydrogens (primary N) is 2. The molecule has 11 nitrogen and oxygen atoms in total. The van der Waals surface area contributed by atoms with Gasteiger partial charge in [-0.3, -0.25) is 19.2 Å². The molecule has 0 aromatic carbocycles. The predicted octanol–water partition coefficient (Wildman–Crippen LogP) is -0.817. The van der Waals surface area contributed by atoms with E-state index in [2.05, 4.69) is 16.0 Å². The molecule has 0 fully saturated rings. The first kappa shape index (κ1) is 29.7. The van der Waals surface area contributed by atoms with Crippen molar-refractivity contribution in [2.45, 2.75) is 71.1 Å². The fourth-order valence-corrected chi connectivity index (χ4v) is 3.21. The highest BCUT2D eigenvalue weighted by Gasteiger charge is 2.32. The normalized spacial score (nSPS) is 15.7. The van der Waals surface area contributed by atoms with Gasteiger partial charge in [0.2, 0.25) is 23.6 Å². The van der Waals surface area contributed by atoms with Crippen LogP contribution in [-0.2, 0) is 24.0 Å². The number of aliphatic carboxylic acids is 1. The summed E-state index contributed by atoms with van der Waals surface area (Å²) in [4.78, 5) is 60.8. The maximum Gasteiger partial charge on any atom is 0.326 e. The van der Waals surface area contributed by atoms with Crippen LogP contribution in [0, 0.1) is 11.8 Å². The van der Waals surface area contributed by atoms with Crippen molar-refractivity contribution in [1.29, 1.82) is 0 Å². The zero-order valence-electron chi connectivity index (χ0n) is 19.3. The topological polar surface area (TPSA) is 194 Å². The van der Waals surface area contributed by atoms with Gasteiger partial charge in [0.1, 0.15) is 18.1 Å². The molecule has 8 N–H and O–H groups in total. The standard InChI is InChI=1S/C20H37N5O6S/c1-6-11(4)15(22)19(29)23-12(7-8-32-5)17(27)24-13(9-14(21)26)18(28)25-16(10(2)3)20(30)31/h10-13,15-16H,6-9,22H2,1-5H3,(H2,21,26)(H,23,29)(H,24,27)(H,25,28)(H,30,31). The second-order valence-corrected chi connectivity index (χ2v) is 9.04. The molecular formula is C20H37N5O6S. The lowest BCUT2D eigenvalue weighted by Crippen LogP contribution is -2.58. The fourth-order valence-electron chi connectivity index (χ4n) is 2.73. The number of thioether (sulfide) groups is 1. The van der Waals surface area contributed by atoms with Crippen molar-refractivity contribution in [3.63, 3.8) is 0 Å². The Morgan fingerprint density at radius 1 is 0.938 bits per heavy atom. The number of primary amides is 1. The third-order valence-corrected chi connectivity index (χ3v) is 5.72. The van der Waals surface area contributed by atoms with Crippen molar-refractivity contribution in [2.24, 2.45) is 23.3 Å². The quantitative estimate of drug-likeness (QED) is 0.177. The molecule has 5 unspecified atom stereocenters. The van der Waals surface area contributed by atoms with Gasteiger partial charge >= 0.3 is 5.97 Å². The summed E-state index contributed by atoms with van der Waals surface area (Å²) in [7, 11) is 0. The van der Waals surface area contributed by atoms with Crippen molar-refractivity contribution in [1.82, 2.24) is 16.0 Å². The summed E-state index contributed by atoms with van der Waals surface area (Å²) in [6.07, 6.45) is 2.25. The SMILES string of the molecule is CCC(C)C(N)C(=O)NC(CCSC)C(=O)NC(CC(N)=O)C(=O)NC(C(=O)O)C(C)C. The molecule has 0 aromatic heterocycles. The number of amides is 4. The third kappa shape index (κ3) is 10.3. The fraction of sp³-hybridized carbons (Fsp3) is 0.750. The van der Waals surface area contributed by atoms with E-state index in [0.717, 1.165) is 0 Å². The molecule has 32 heavy (non-hydrogen) atoms. The molecule has 0 heterocycles. The van der Waals surface area contributed by atoms with Crippen LogP contribution in [0.3, 0.4) is 0 Å². The molecule has 0 rings (SSSR count). The number of nitrogens with one attached hydrogen (secondary N) is 3. The van der Waals surface area contributed by atoms with Crippen molar-refractivity contribution < 1.29 is 29.1 Å². The molecule has 0 aromatic rings. The average molecular weight is 476 g/mol. The lowest BCUT2D eigenvalue weighted by atomic mass is 9.99. The van der Waals surface area contributed by atoms with Crippen LogP contribution in [0.2, 0.25) is 0 Å². The Kier molecular flexibility index (Phi) is 13.6. The van der Waals surface area contributed by atoms with Crippen molar-refractivity contribution >= 4 is 41.4 Å². The zero-order chi connectivity index (χ0) is 25.0. The number of hydrogen-bond acceptors (Lipinski definition) is 7. The molecular weight excluding hydrogens is 438 g/mol. The highest BCUT2D eigenvalue weighted by Crippen LogP contribution is 2.08. The van der Waals surface area contributed by atoms with Crippen LogP contribution in [0.5, 0.6) is 0 Å². The Bertz CT molecular complexity index is 675. The van der Waals surface area contributed by atoms with Gasteiger partial charge < -0.3 is 32.5 Å².